The fourth-order valence-electron chi connectivity index (χ4n) is 1.84. The molecule has 0 atom stereocenters. The molecule has 126 valence electrons. The van der Waals surface area contributed by atoms with Crippen LogP contribution in [0.2, 0.25) is 5.02 Å². The number of hydrogen-bond acceptors (Lipinski definition) is 6. The topological polar surface area (TPSA) is 101 Å². The molecule has 0 aliphatic carbocycles. The number of nitrogens with one attached hydrogen (secondary N) is 1. The van der Waals surface area contributed by atoms with Crippen molar-refractivity contribution in [3.8, 4) is 11.5 Å². The molecule has 0 aliphatic heterocycles. The fourth-order valence-corrected chi connectivity index (χ4v) is 1.97. The van der Waals surface area contributed by atoms with Crippen LogP contribution in [0.25, 0.3) is 0 Å². The number of aromatic hydroxyl groups is 1. The third-order valence-electron chi connectivity index (χ3n) is 2.95. The van der Waals surface area contributed by atoms with Crippen LogP contribution in [0.4, 0.5) is 0 Å². The Morgan fingerprint density at radius 2 is 2.04 bits per heavy atom. The molecular weight excluding hydrogens is 336 g/mol. The van der Waals surface area contributed by atoms with Crippen molar-refractivity contribution in [1.29, 1.82) is 0 Å². The lowest BCUT2D eigenvalue weighted by Gasteiger charge is -2.06. The standard InChI is InChI=1S/C16H15ClN2O5/c1-9-7-13(20)15(16(22)24-9)10(2)18-19-14(21)8-23-12-5-3-11(17)4-6-12/h3-7,20H,8H2,1-2H3,(H,19,21)/b18-10+. The van der Waals surface area contributed by atoms with E-state index >= 15 is 0 Å². The molecule has 7 nitrogen and oxygen atoms in total. The number of nitrogens with zero attached hydrogens (tertiary/aromatic N) is 1. The van der Waals surface area contributed by atoms with Crippen LogP contribution in [0.15, 0.2) is 44.6 Å². The first-order valence-electron chi connectivity index (χ1n) is 6.92. The maximum absolute atomic E-state index is 11.7. The monoisotopic (exact) mass is 350 g/mol. The van der Waals surface area contributed by atoms with E-state index in [1.807, 2.05) is 0 Å². The summed E-state index contributed by atoms with van der Waals surface area (Å²) in [6.07, 6.45) is 0. The SMILES string of the molecule is C/C(=N\NC(=O)COc1ccc(Cl)cc1)c1c(O)cc(C)oc1=O. The maximum atomic E-state index is 11.7. The Hall–Kier alpha value is -2.80. The van der Waals surface area contributed by atoms with E-state index in [2.05, 4.69) is 10.5 Å². The molecule has 2 rings (SSSR count). The largest absolute Gasteiger partial charge is 0.507 e. The third-order valence-corrected chi connectivity index (χ3v) is 3.20. The summed E-state index contributed by atoms with van der Waals surface area (Å²) in [5, 5.41) is 14.1. The molecule has 0 unspecified atom stereocenters. The summed E-state index contributed by atoms with van der Waals surface area (Å²) in [6, 6.07) is 7.81. The second-order valence-electron chi connectivity index (χ2n) is 4.88. The van der Waals surface area contributed by atoms with Gasteiger partial charge >= 0.3 is 5.63 Å². The van der Waals surface area contributed by atoms with Gasteiger partial charge in [0.05, 0.1) is 5.71 Å². The molecule has 2 N–H and O–H groups in total. The fraction of sp³-hybridized carbons (Fsp3) is 0.188. The number of ether oxygens (including phenoxy) is 1. The first kappa shape index (κ1) is 17.6. The number of hydrazone groups is 1. The van der Waals surface area contributed by atoms with E-state index in [9.17, 15) is 14.7 Å². The van der Waals surface area contributed by atoms with Gasteiger partial charge in [0, 0.05) is 11.1 Å². The molecule has 0 saturated heterocycles. The zero-order valence-electron chi connectivity index (χ0n) is 13.0. The summed E-state index contributed by atoms with van der Waals surface area (Å²) in [5.41, 5.74) is 1.50. The lowest BCUT2D eigenvalue weighted by Crippen LogP contribution is -2.26. The van der Waals surface area contributed by atoms with Gasteiger partial charge in [-0.15, -0.1) is 0 Å². The summed E-state index contributed by atoms with van der Waals surface area (Å²) in [7, 11) is 0. The molecule has 1 aromatic heterocycles. The Morgan fingerprint density at radius 1 is 1.38 bits per heavy atom. The minimum Gasteiger partial charge on any atom is -0.507 e. The van der Waals surface area contributed by atoms with Crippen LogP contribution in [-0.4, -0.2) is 23.3 Å². The van der Waals surface area contributed by atoms with E-state index in [-0.39, 0.29) is 29.4 Å². The van der Waals surface area contributed by atoms with Gasteiger partial charge in [0.25, 0.3) is 5.91 Å². The summed E-state index contributed by atoms with van der Waals surface area (Å²) in [6.45, 7) is 2.72. The van der Waals surface area contributed by atoms with Gasteiger partial charge < -0.3 is 14.3 Å². The van der Waals surface area contributed by atoms with Crippen molar-refractivity contribution in [3.05, 3.63) is 57.1 Å². The van der Waals surface area contributed by atoms with Crippen LogP contribution >= 0.6 is 11.6 Å². The number of benzene rings is 1. The number of hydrogen-bond donors (Lipinski definition) is 2. The summed E-state index contributed by atoms with van der Waals surface area (Å²) >= 11 is 5.75. The first-order valence-corrected chi connectivity index (χ1v) is 7.30. The van der Waals surface area contributed by atoms with Crippen LogP contribution in [0.5, 0.6) is 11.5 Å². The van der Waals surface area contributed by atoms with Crippen LogP contribution < -0.4 is 15.8 Å². The predicted octanol–water partition coefficient (Wildman–Crippen LogP) is 2.23. The number of rotatable bonds is 5. The molecule has 1 heterocycles. The normalized spacial score (nSPS) is 11.2. The number of carbonyl (C=O) groups excluding carboxylic acids is 1. The highest BCUT2D eigenvalue weighted by Gasteiger charge is 2.13. The van der Waals surface area contributed by atoms with Crippen molar-refractivity contribution in [2.45, 2.75) is 13.8 Å². The van der Waals surface area contributed by atoms with Gasteiger partial charge in [-0.1, -0.05) is 11.6 Å². The van der Waals surface area contributed by atoms with E-state index in [0.29, 0.717) is 10.8 Å². The molecule has 0 saturated carbocycles. The number of aryl methyl sites for hydroxylation is 1. The van der Waals surface area contributed by atoms with Gasteiger partial charge in [0.1, 0.15) is 22.8 Å². The number of halogens is 1. The number of carbonyl (C=O) groups is 1. The van der Waals surface area contributed by atoms with Gasteiger partial charge in [0.15, 0.2) is 6.61 Å². The molecule has 2 aromatic rings. The predicted molar refractivity (Wildman–Crippen MR) is 88.7 cm³/mol. The van der Waals surface area contributed by atoms with Gasteiger partial charge in [0.2, 0.25) is 0 Å². The van der Waals surface area contributed by atoms with E-state index in [1.165, 1.54) is 19.9 Å². The molecular formula is C16H15ClN2O5. The van der Waals surface area contributed by atoms with Crippen molar-refractivity contribution < 1.29 is 19.1 Å². The van der Waals surface area contributed by atoms with E-state index in [4.69, 9.17) is 20.8 Å². The van der Waals surface area contributed by atoms with Crippen LogP contribution in [0, 0.1) is 6.92 Å². The smallest absolute Gasteiger partial charge is 0.348 e. The van der Waals surface area contributed by atoms with Gasteiger partial charge in [-0.25, -0.2) is 10.2 Å². The Balaban J connectivity index is 1.98. The van der Waals surface area contributed by atoms with Crippen molar-refractivity contribution in [2.75, 3.05) is 6.61 Å². The maximum Gasteiger partial charge on any atom is 0.348 e. The summed E-state index contributed by atoms with van der Waals surface area (Å²) < 4.78 is 10.1. The Labute approximate surface area is 142 Å². The minimum atomic E-state index is -0.736. The van der Waals surface area contributed by atoms with Crippen molar-refractivity contribution in [3.63, 3.8) is 0 Å². The summed E-state index contributed by atoms with van der Waals surface area (Å²) in [4.78, 5) is 23.4. The Bertz CT molecular complexity index is 827. The minimum absolute atomic E-state index is 0.112. The highest BCUT2D eigenvalue weighted by atomic mass is 35.5. The summed E-state index contributed by atoms with van der Waals surface area (Å²) in [5.74, 6) is -0.0431. The molecule has 1 amide bonds. The van der Waals surface area contributed by atoms with Gasteiger partial charge in [-0.2, -0.15) is 5.10 Å². The highest BCUT2D eigenvalue weighted by molar-refractivity contribution is 6.30. The first-order chi connectivity index (χ1) is 11.4. The average molecular weight is 351 g/mol. The quantitative estimate of drug-likeness (QED) is 0.636. The zero-order chi connectivity index (χ0) is 17.7. The Morgan fingerprint density at radius 3 is 2.67 bits per heavy atom. The van der Waals surface area contributed by atoms with Crippen molar-refractivity contribution in [1.82, 2.24) is 5.43 Å². The molecule has 0 bridgehead atoms. The molecule has 0 aliphatic rings. The van der Waals surface area contributed by atoms with Crippen LogP contribution in [0.3, 0.4) is 0 Å². The molecule has 8 heteroatoms. The van der Waals surface area contributed by atoms with E-state index in [1.54, 1.807) is 24.3 Å². The molecule has 1 aromatic carbocycles. The van der Waals surface area contributed by atoms with E-state index in [0.717, 1.165) is 0 Å². The lowest BCUT2D eigenvalue weighted by atomic mass is 10.2. The lowest BCUT2D eigenvalue weighted by molar-refractivity contribution is -0.123. The second-order valence-corrected chi connectivity index (χ2v) is 5.32. The molecule has 0 fully saturated rings. The van der Waals surface area contributed by atoms with E-state index < -0.39 is 11.5 Å². The average Bonchev–Trinajstić information content (AvgIpc) is 2.51. The third kappa shape index (κ3) is 4.60. The molecule has 24 heavy (non-hydrogen) atoms. The zero-order valence-corrected chi connectivity index (χ0v) is 13.8. The second kappa shape index (κ2) is 7.65. The highest BCUT2D eigenvalue weighted by Crippen LogP contribution is 2.16. The van der Waals surface area contributed by atoms with Gasteiger partial charge in [-0.3, -0.25) is 4.79 Å². The molecule has 0 radical (unpaired) electrons. The molecule has 0 spiro atoms. The van der Waals surface area contributed by atoms with Crippen molar-refractivity contribution >= 4 is 23.2 Å². The van der Waals surface area contributed by atoms with Gasteiger partial charge in [-0.05, 0) is 38.1 Å². The van der Waals surface area contributed by atoms with Crippen LogP contribution in [0.1, 0.15) is 18.2 Å². The Kier molecular flexibility index (Phi) is 5.59. The number of amides is 1. The van der Waals surface area contributed by atoms with Crippen molar-refractivity contribution in [2.24, 2.45) is 5.10 Å². The van der Waals surface area contributed by atoms with Crippen LogP contribution in [-0.2, 0) is 4.79 Å².